The van der Waals surface area contributed by atoms with Crippen LogP contribution in [0.15, 0.2) is 42.6 Å². The number of rotatable bonds is 5. The number of hydrogen-bond donors (Lipinski definition) is 1. The van der Waals surface area contributed by atoms with Crippen LogP contribution in [0.25, 0.3) is 0 Å². The molecule has 6 nitrogen and oxygen atoms in total. The first-order chi connectivity index (χ1) is 12.7. The van der Waals surface area contributed by atoms with Gasteiger partial charge in [0.2, 0.25) is 5.91 Å². The summed E-state index contributed by atoms with van der Waals surface area (Å²) in [4.78, 5) is 12.1. The fourth-order valence-electron chi connectivity index (χ4n) is 2.44. The van der Waals surface area contributed by atoms with Crippen LogP contribution in [0.2, 0.25) is 5.02 Å². The van der Waals surface area contributed by atoms with Gasteiger partial charge in [0.15, 0.2) is 11.5 Å². The molecular weight excluding hydrogens is 383 g/mol. The molecule has 0 fully saturated rings. The lowest BCUT2D eigenvalue weighted by atomic mass is 10.2. The van der Waals surface area contributed by atoms with Gasteiger partial charge in [-0.1, -0.05) is 29.8 Å². The molecule has 1 amide bonds. The fourth-order valence-corrected chi connectivity index (χ4v) is 2.64. The molecule has 0 atom stereocenters. The summed E-state index contributed by atoms with van der Waals surface area (Å²) in [5, 5.41) is 10.8. The molecule has 2 heterocycles. The van der Waals surface area contributed by atoms with E-state index in [2.05, 4.69) is 15.5 Å². The first-order valence-corrected chi connectivity index (χ1v) is 8.28. The molecule has 0 bridgehead atoms. The van der Waals surface area contributed by atoms with E-state index in [4.69, 9.17) is 11.6 Å². The van der Waals surface area contributed by atoms with E-state index in [9.17, 15) is 18.0 Å². The Hall–Kier alpha value is -2.81. The Bertz CT molecular complexity index is 964. The maximum absolute atomic E-state index is 12.7. The average Bonchev–Trinajstić information content (AvgIpc) is 3.16. The number of halogens is 4. The van der Waals surface area contributed by atoms with Crippen molar-refractivity contribution >= 4 is 23.3 Å². The SMILES string of the molecule is Cc1cc(C(F)(F)F)nn1CC(=O)Nc1ccn(Cc2ccccc2Cl)n1. The summed E-state index contributed by atoms with van der Waals surface area (Å²) in [6.45, 7) is 1.52. The van der Waals surface area contributed by atoms with Gasteiger partial charge in [0.05, 0.1) is 6.54 Å². The van der Waals surface area contributed by atoms with Crippen LogP contribution < -0.4 is 5.32 Å². The highest BCUT2D eigenvalue weighted by molar-refractivity contribution is 6.31. The van der Waals surface area contributed by atoms with E-state index in [0.717, 1.165) is 16.3 Å². The number of hydrogen-bond acceptors (Lipinski definition) is 3. The summed E-state index contributed by atoms with van der Waals surface area (Å²) in [6.07, 6.45) is -2.89. The van der Waals surface area contributed by atoms with E-state index in [1.807, 2.05) is 18.2 Å². The van der Waals surface area contributed by atoms with E-state index < -0.39 is 17.8 Å². The lowest BCUT2D eigenvalue weighted by Gasteiger charge is -2.06. The Balaban J connectivity index is 1.63. The Kier molecular flexibility index (Phi) is 5.22. The molecule has 1 aromatic carbocycles. The molecular formula is C17H15ClF3N5O. The van der Waals surface area contributed by atoms with E-state index in [0.29, 0.717) is 11.6 Å². The molecule has 10 heteroatoms. The van der Waals surface area contributed by atoms with Gasteiger partial charge in [0.25, 0.3) is 0 Å². The zero-order valence-electron chi connectivity index (χ0n) is 14.2. The first kappa shape index (κ1) is 19.0. The second-order valence-corrected chi connectivity index (χ2v) is 6.27. The second-order valence-electron chi connectivity index (χ2n) is 5.86. The predicted molar refractivity (Wildman–Crippen MR) is 93.4 cm³/mol. The van der Waals surface area contributed by atoms with Gasteiger partial charge >= 0.3 is 6.18 Å². The Morgan fingerprint density at radius 2 is 1.96 bits per heavy atom. The predicted octanol–water partition coefficient (Wildman–Crippen LogP) is 3.75. The molecule has 0 aliphatic heterocycles. The van der Waals surface area contributed by atoms with Crippen molar-refractivity contribution in [2.24, 2.45) is 0 Å². The summed E-state index contributed by atoms with van der Waals surface area (Å²) >= 11 is 6.10. The number of carbonyl (C=O) groups excluding carboxylic acids is 1. The van der Waals surface area contributed by atoms with Crippen molar-refractivity contribution < 1.29 is 18.0 Å². The standard InChI is InChI=1S/C17H15ClF3N5O/c1-11-8-14(17(19,20)21)23-26(11)10-16(27)22-15-6-7-25(24-15)9-12-4-2-3-5-13(12)18/h2-8H,9-10H2,1H3,(H,22,24,27). The van der Waals surface area contributed by atoms with Crippen LogP contribution >= 0.6 is 11.6 Å². The van der Waals surface area contributed by atoms with Gasteiger partial charge in [0, 0.05) is 23.0 Å². The van der Waals surface area contributed by atoms with E-state index in [1.165, 1.54) is 6.92 Å². The van der Waals surface area contributed by atoms with Crippen molar-refractivity contribution in [2.45, 2.75) is 26.2 Å². The summed E-state index contributed by atoms with van der Waals surface area (Å²) in [5.41, 5.74) is 0.0746. The highest BCUT2D eigenvalue weighted by atomic mass is 35.5. The normalized spacial score (nSPS) is 11.6. The lowest BCUT2D eigenvalue weighted by Crippen LogP contribution is -2.21. The van der Waals surface area contributed by atoms with E-state index >= 15 is 0 Å². The van der Waals surface area contributed by atoms with Gasteiger partial charge in [-0.15, -0.1) is 0 Å². The molecule has 0 unspecified atom stereocenters. The van der Waals surface area contributed by atoms with Crippen molar-refractivity contribution in [1.82, 2.24) is 19.6 Å². The minimum Gasteiger partial charge on any atom is -0.308 e. The van der Waals surface area contributed by atoms with Gasteiger partial charge in [-0.3, -0.25) is 14.2 Å². The topological polar surface area (TPSA) is 64.7 Å². The second kappa shape index (κ2) is 7.43. The number of nitrogens with one attached hydrogen (secondary N) is 1. The molecule has 0 spiro atoms. The van der Waals surface area contributed by atoms with Crippen LogP contribution in [0.5, 0.6) is 0 Å². The molecule has 0 aliphatic carbocycles. The fraction of sp³-hybridized carbons (Fsp3) is 0.235. The first-order valence-electron chi connectivity index (χ1n) is 7.91. The molecule has 0 saturated carbocycles. The number of alkyl halides is 3. The maximum Gasteiger partial charge on any atom is 0.435 e. The monoisotopic (exact) mass is 397 g/mol. The van der Waals surface area contributed by atoms with Crippen molar-refractivity contribution in [2.75, 3.05) is 5.32 Å². The third-order valence-electron chi connectivity index (χ3n) is 3.76. The smallest absolute Gasteiger partial charge is 0.308 e. The quantitative estimate of drug-likeness (QED) is 0.713. The molecule has 142 valence electrons. The minimum absolute atomic E-state index is 0.238. The van der Waals surface area contributed by atoms with Crippen molar-refractivity contribution in [1.29, 1.82) is 0 Å². The zero-order valence-corrected chi connectivity index (χ0v) is 14.9. The van der Waals surface area contributed by atoms with Crippen LogP contribution in [0.1, 0.15) is 17.0 Å². The molecule has 3 rings (SSSR count). The van der Waals surface area contributed by atoms with Gasteiger partial charge in [-0.05, 0) is 24.6 Å². The van der Waals surface area contributed by atoms with Crippen LogP contribution in [0.4, 0.5) is 19.0 Å². The van der Waals surface area contributed by atoms with Crippen LogP contribution in [0.3, 0.4) is 0 Å². The number of carbonyl (C=O) groups is 1. The molecule has 27 heavy (non-hydrogen) atoms. The van der Waals surface area contributed by atoms with E-state index in [-0.39, 0.29) is 18.1 Å². The molecule has 0 aliphatic rings. The molecule has 2 aromatic heterocycles. The Labute approximate surface area is 157 Å². The Morgan fingerprint density at radius 1 is 1.22 bits per heavy atom. The van der Waals surface area contributed by atoms with Gasteiger partial charge in [-0.2, -0.15) is 23.4 Å². The van der Waals surface area contributed by atoms with Gasteiger partial charge < -0.3 is 5.32 Å². The number of nitrogens with zero attached hydrogens (tertiary/aromatic N) is 4. The largest absolute Gasteiger partial charge is 0.435 e. The molecule has 1 N–H and O–H groups in total. The molecule has 3 aromatic rings. The van der Waals surface area contributed by atoms with Gasteiger partial charge in [-0.25, -0.2) is 0 Å². The summed E-state index contributed by atoms with van der Waals surface area (Å²) in [6, 6.07) is 9.79. The molecule has 0 radical (unpaired) electrons. The minimum atomic E-state index is -4.55. The lowest BCUT2D eigenvalue weighted by molar-refractivity contribution is -0.141. The number of benzene rings is 1. The van der Waals surface area contributed by atoms with Gasteiger partial charge in [0.1, 0.15) is 6.54 Å². The van der Waals surface area contributed by atoms with Crippen LogP contribution in [-0.4, -0.2) is 25.5 Å². The highest BCUT2D eigenvalue weighted by Crippen LogP contribution is 2.28. The summed E-state index contributed by atoms with van der Waals surface area (Å²) in [5.74, 6) is -0.245. The van der Waals surface area contributed by atoms with Crippen molar-refractivity contribution in [3.63, 3.8) is 0 Å². The number of amides is 1. The number of aryl methyl sites for hydroxylation is 1. The zero-order chi connectivity index (χ0) is 19.6. The van der Waals surface area contributed by atoms with Crippen LogP contribution in [-0.2, 0) is 24.1 Å². The average molecular weight is 398 g/mol. The van der Waals surface area contributed by atoms with E-state index in [1.54, 1.807) is 23.0 Å². The maximum atomic E-state index is 12.7. The number of aromatic nitrogens is 4. The summed E-state index contributed by atoms with van der Waals surface area (Å²) in [7, 11) is 0. The third-order valence-corrected chi connectivity index (χ3v) is 4.13. The highest BCUT2D eigenvalue weighted by Gasteiger charge is 2.34. The third kappa shape index (κ3) is 4.68. The van der Waals surface area contributed by atoms with Crippen molar-refractivity contribution in [3.05, 3.63) is 64.6 Å². The summed E-state index contributed by atoms with van der Waals surface area (Å²) < 4.78 is 40.6. The number of anilines is 1. The van der Waals surface area contributed by atoms with Crippen molar-refractivity contribution in [3.8, 4) is 0 Å². The van der Waals surface area contributed by atoms with Crippen LogP contribution in [0, 0.1) is 6.92 Å². The molecule has 0 saturated heterocycles. The Morgan fingerprint density at radius 3 is 2.63 bits per heavy atom.